The van der Waals surface area contributed by atoms with Gasteiger partial charge in [-0.1, -0.05) is 50.2 Å². The van der Waals surface area contributed by atoms with Gasteiger partial charge in [-0.05, 0) is 49.1 Å². The first-order chi connectivity index (χ1) is 15.4. The first-order valence-electron chi connectivity index (χ1n) is 10.9. The Bertz CT molecular complexity index is 1330. The molecule has 6 nitrogen and oxygen atoms in total. The molecule has 0 unspecified atom stereocenters. The SMILES string of the molecule is Cc1cc(=O)n(CCC(=O)Nc2ccccc2C(C)C)c2c1c(C)nn2-c1ccccc1. The van der Waals surface area contributed by atoms with E-state index in [-0.39, 0.29) is 24.4 Å². The van der Waals surface area contributed by atoms with Gasteiger partial charge in [0, 0.05) is 30.1 Å². The van der Waals surface area contributed by atoms with E-state index in [1.165, 1.54) is 0 Å². The summed E-state index contributed by atoms with van der Waals surface area (Å²) in [5.74, 6) is 0.176. The Hall–Kier alpha value is -3.67. The minimum absolute atomic E-state index is 0.124. The van der Waals surface area contributed by atoms with E-state index in [1.54, 1.807) is 15.3 Å². The molecular formula is C26H28N4O2. The predicted octanol–water partition coefficient (Wildman–Crippen LogP) is 4.96. The number of fused-ring (bicyclic) bond motifs is 1. The Morgan fingerprint density at radius 2 is 1.72 bits per heavy atom. The van der Waals surface area contributed by atoms with Gasteiger partial charge < -0.3 is 5.32 Å². The average Bonchev–Trinajstić information content (AvgIpc) is 3.12. The van der Waals surface area contributed by atoms with Crippen LogP contribution in [-0.2, 0) is 11.3 Å². The number of nitrogens with one attached hydrogen (secondary N) is 1. The molecule has 1 amide bonds. The number of hydrogen-bond donors (Lipinski definition) is 1. The van der Waals surface area contributed by atoms with Crippen molar-refractivity contribution in [2.24, 2.45) is 0 Å². The lowest BCUT2D eigenvalue weighted by Crippen LogP contribution is -2.25. The van der Waals surface area contributed by atoms with Gasteiger partial charge in [0.2, 0.25) is 5.91 Å². The highest BCUT2D eigenvalue weighted by atomic mass is 16.2. The molecule has 2 heterocycles. The van der Waals surface area contributed by atoms with E-state index in [0.29, 0.717) is 11.6 Å². The average molecular weight is 429 g/mol. The summed E-state index contributed by atoms with van der Waals surface area (Å²) < 4.78 is 3.45. The maximum Gasteiger partial charge on any atom is 0.252 e. The monoisotopic (exact) mass is 428 g/mol. The third-order valence-electron chi connectivity index (χ3n) is 5.71. The standard InChI is InChI=1S/C26H28N4O2/c1-17(2)21-12-8-9-13-22(21)27-23(31)14-15-29-24(32)16-18(3)25-19(4)28-30(26(25)29)20-10-6-5-7-11-20/h5-13,16-17H,14-15H2,1-4H3,(H,27,31). The van der Waals surface area contributed by atoms with Crippen LogP contribution in [0.15, 0.2) is 65.5 Å². The highest BCUT2D eigenvalue weighted by Crippen LogP contribution is 2.25. The third-order valence-corrected chi connectivity index (χ3v) is 5.71. The summed E-state index contributed by atoms with van der Waals surface area (Å²) in [4.78, 5) is 25.7. The van der Waals surface area contributed by atoms with Crippen molar-refractivity contribution in [1.29, 1.82) is 0 Å². The Balaban J connectivity index is 1.68. The molecule has 2 aromatic heterocycles. The van der Waals surface area contributed by atoms with Crippen LogP contribution in [0.5, 0.6) is 0 Å². The second-order valence-corrected chi connectivity index (χ2v) is 8.39. The van der Waals surface area contributed by atoms with Crippen molar-refractivity contribution >= 4 is 22.6 Å². The lowest BCUT2D eigenvalue weighted by atomic mass is 10.0. The number of benzene rings is 2. The fourth-order valence-corrected chi connectivity index (χ4v) is 4.17. The topological polar surface area (TPSA) is 68.9 Å². The van der Waals surface area contributed by atoms with Gasteiger partial charge in [-0.3, -0.25) is 14.2 Å². The maximum atomic E-state index is 13.0. The highest BCUT2D eigenvalue weighted by molar-refractivity contribution is 5.91. The summed E-state index contributed by atoms with van der Waals surface area (Å²) >= 11 is 0. The zero-order chi connectivity index (χ0) is 22.8. The summed E-state index contributed by atoms with van der Waals surface area (Å²) in [5, 5.41) is 8.66. The van der Waals surface area contributed by atoms with Crippen LogP contribution in [0.3, 0.4) is 0 Å². The highest BCUT2D eigenvalue weighted by Gasteiger charge is 2.18. The van der Waals surface area contributed by atoms with E-state index in [1.807, 2.05) is 68.4 Å². The van der Waals surface area contributed by atoms with Crippen LogP contribution < -0.4 is 10.9 Å². The van der Waals surface area contributed by atoms with Crippen LogP contribution in [0.1, 0.15) is 43.0 Å². The van der Waals surface area contributed by atoms with Crippen LogP contribution in [0.4, 0.5) is 5.69 Å². The van der Waals surface area contributed by atoms with Crippen LogP contribution in [0.25, 0.3) is 16.7 Å². The van der Waals surface area contributed by atoms with E-state index in [0.717, 1.165) is 33.6 Å². The van der Waals surface area contributed by atoms with E-state index in [4.69, 9.17) is 5.10 Å². The van der Waals surface area contributed by atoms with Gasteiger partial charge in [-0.25, -0.2) is 4.68 Å². The van der Waals surface area contributed by atoms with Gasteiger partial charge in [0.25, 0.3) is 5.56 Å². The van der Waals surface area contributed by atoms with Crippen molar-refractivity contribution in [2.45, 2.75) is 46.6 Å². The van der Waals surface area contributed by atoms with Crippen LogP contribution in [-0.4, -0.2) is 20.3 Å². The van der Waals surface area contributed by atoms with Crippen LogP contribution >= 0.6 is 0 Å². The Labute approximate surface area is 187 Å². The van der Waals surface area contributed by atoms with Gasteiger partial charge in [-0.15, -0.1) is 0 Å². The van der Waals surface area contributed by atoms with E-state index >= 15 is 0 Å². The van der Waals surface area contributed by atoms with Crippen molar-refractivity contribution in [3.63, 3.8) is 0 Å². The number of carbonyl (C=O) groups excluding carboxylic acids is 1. The summed E-state index contributed by atoms with van der Waals surface area (Å²) in [7, 11) is 0. The molecule has 0 saturated carbocycles. The molecule has 0 atom stereocenters. The molecule has 0 aliphatic carbocycles. The van der Waals surface area contributed by atoms with Gasteiger partial charge in [0.1, 0.15) is 5.65 Å². The molecule has 4 rings (SSSR count). The lowest BCUT2D eigenvalue weighted by molar-refractivity contribution is -0.116. The van der Waals surface area contributed by atoms with E-state index in [9.17, 15) is 9.59 Å². The number of amides is 1. The third kappa shape index (κ3) is 4.08. The molecule has 1 N–H and O–H groups in total. The first-order valence-corrected chi connectivity index (χ1v) is 10.9. The summed E-state index contributed by atoms with van der Waals surface area (Å²) in [6.07, 6.45) is 0.184. The molecule has 0 radical (unpaired) electrons. The number of rotatable bonds is 6. The van der Waals surface area contributed by atoms with Gasteiger partial charge in [0.05, 0.1) is 11.4 Å². The first kappa shape index (κ1) is 21.6. The van der Waals surface area contributed by atoms with E-state index in [2.05, 4.69) is 19.2 Å². The van der Waals surface area contributed by atoms with Gasteiger partial charge in [0.15, 0.2) is 0 Å². The normalized spacial score (nSPS) is 11.3. The number of aromatic nitrogens is 3. The number of nitrogens with zero attached hydrogens (tertiary/aromatic N) is 3. The van der Waals surface area contributed by atoms with Gasteiger partial charge in [-0.2, -0.15) is 5.10 Å². The predicted molar refractivity (Wildman–Crippen MR) is 129 cm³/mol. The minimum Gasteiger partial charge on any atom is -0.326 e. The summed E-state index contributed by atoms with van der Waals surface area (Å²) in [6, 6.07) is 19.2. The largest absolute Gasteiger partial charge is 0.326 e. The van der Waals surface area contributed by atoms with Gasteiger partial charge >= 0.3 is 0 Å². The number of para-hydroxylation sites is 2. The molecule has 4 aromatic rings. The van der Waals surface area contributed by atoms with Crippen molar-refractivity contribution in [1.82, 2.24) is 14.3 Å². The fraction of sp³-hybridized carbons (Fsp3) is 0.269. The Morgan fingerprint density at radius 3 is 2.44 bits per heavy atom. The second-order valence-electron chi connectivity index (χ2n) is 8.39. The molecule has 164 valence electrons. The molecule has 0 saturated heterocycles. The minimum atomic E-state index is -0.137. The fourth-order valence-electron chi connectivity index (χ4n) is 4.17. The smallest absolute Gasteiger partial charge is 0.252 e. The molecular weight excluding hydrogens is 400 g/mol. The molecule has 0 aliphatic rings. The number of aryl methyl sites for hydroxylation is 3. The number of hydrogen-bond acceptors (Lipinski definition) is 3. The van der Waals surface area contributed by atoms with Crippen molar-refractivity contribution in [3.8, 4) is 5.69 Å². The number of anilines is 1. The lowest BCUT2D eigenvalue weighted by Gasteiger charge is -2.15. The molecule has 0 aliphatic heterocycles. The van der Waals surface area contributed by atoms with Crippen molar-refractivity contribution in [3.05, 3.63) is 87.8 Å². The maximum absolute atomic E-state index is 13.0. The van der Waals surface area contributed by atoms with Crippen molar-refractivity contribution in [2.75, 3.05) is 5.32 Å². The van der Waals surface area contributed by atoms with Crippen LogP contribution in [0, 0.1) is 13.8 Å². The molecule has 32 heavy (non-hydrogen) atoms. The molecule has 2 aromatic carbocycles. The molecule has 6 heteroatoms. The van der Waals surface area contributed by atoms with Crippen LogP contribution in [0.2, 0.25) is 0 Å². The molecule has 0 fully saturated rings. The van der Waals surface area contributed by atoms with Crippen molar-refractivity contribution < 1.29 is 4.79 Å². The Morgan fingerprint density at radius 1 is 1.03 bits per heavy atom. The second kappa shape index (κ2) is 8.83. The number of carbonyl (C=O) groups is 1. The number of pyridine rings is 1. The summed E-state index contributed by atoms with van der Waals surface area (Å²) in [6.45, 7) is 8.33. The quantitative estimate of drug-likeness (QED) is 0.472. The molecule has 0 spiro atoms. The summed E-state index contributed by atoms with van der Waals surface area (Å²) in [5.41, 5.74) is 5.10. The zero-order valence-corrected chi connectivity index (χ0v) is 18.9. The van der Waals surface area contributed by atoms with E-state index < -0.39 is 0 Å². The Kier molecular flexibility index (Phi) is 5.95. The molecule has 0 bridgehead atoms. The zero-order valence-electron chi connectivity index (χ0n) is 18.9.